The van der Waals surface area contributed by atoms with E-state index in [0.29, 0.717) is 45.4 Å². The molecule has 1 heterocycles. The molecular weight excluding hydrogens is 458 g/mol. The fourth-order valence-corrected chi connectivity index (χ4v) is 6.65. The van der Waals surface area contributed by atoms with E-state index in [9.17, 15) is 10.2 Å². The van der Waals surface area contributed by atoms with Crippen LogP contribution in [0.1, 0.15) is 69.9 Å². The number of hydrogen-bond donors (Lipinski definition) is 2. The van der Waals surface area contributed by atoms with E-state index in [2.05, 4.69) is 17.9 Å². The quantitative estimate of drug-likeness (QED) is 0.348. The van der Waals surface area contributed by atoms with Crippen LogP contribution in [0.4, 0.5) is 0 Å². The number of aromatic hydroxyl groups is 1. The van der Waals surface area contributed by atoms with Gasteiger partial charge in [-0.3, -0.25) is 4.90 Å². The van der Waals surface area contributed by atoms with Crippen molar-refractivity contribution in [2.75, 3.05) is 59.8 Å². The Morgan fingerprint density at radius 2 is 1.78 bits per heavy atom. The Bertz CT molecular complexity index is 841. The van der Waals surface area contributed by atoms with Crippen molar-refractivity contribution in [1.29, 1.82) is 0 Å². The molecule has 1 aliphatic heterocycles. The number of hydrogen-bond acceptors (Lipinski definition) is 7. The van der Waals surface area contributed by atoms with Gasteiger partial charge in [0.2, 0.25) is 0 Å². The highest BCUT2D eigenvalue weighted by molar-refractivity contribution is 5.57. The molecule has 7 nitrogen and oxygen atoms in total. The minimum atomic E-state index is -0.904. The van der Waals surface area contributed by atoms with Gasteiger partial charge < -0.3 is 29.2 Å². The third kappa shape index (κ3) is 5.56. The van der Waals surface area contributed by atoms with Crippen molar-refractivity contribution >= 4 is 0 Å². The maximum absolute atomic E-state index is 12.2. The molecule has 0 unspecified atom stereocenters. The number of fused-ring (bicyclic) bond motifs is 4. The van der Waals surface area contributed by atoms with Gasteiger partial charge in [-0.15, -0.1) is 0 Å². The minimum Gasteiger partial charge on any atom is -0.504 e. The van der Waals surface area contributed by atoms with Gasteiger partial charge in [-0.1, -0.05) is 32.3 Å². The number of nitrogens with zero attached hydrogens (tertiary/aromatic N) is 1. The number of unbranched alkanes of at least 4 members (excludes halogenated alkanes) is 1. The first kappa shape index (κ1) is 27.6. The molecule has 2 bridgehead atoms. The summed E-state index contributed by atoms with van der Waals surface area (Å²) in [4.78, 5) is 2.55. The molecular formula is C29H47NO6. The molecule has 3 aliphatic rings. The Morgan fingerprint density at radius 3 is 2.44 bits per heavy atom. The molecule has 0 radical (unpaired) electrons. The monoisotopic (exact) mass is 505 g/mol. The number of ether oxygens (including phenoxy) is 4. The zero-order valence-corrected chi connectivity index (χ0v) is 22.6. The van der Waals surface area contributed by atoms with E-state index in [0.717, 1.165) is 62.2 Å². The summed E-state index contributed by atoms with van der Waals surface area (Å²) in [6, 6.07) is 4.09. The Hall–Kier alpha value is -1.38. The lowest BCUT2D eigenvalue weighted by Gasteiger charge is -2.61. The first-order valence-electron chi connectivity index (χ1n) is 14.0. The lowest BCUT2D eigenvalue weighted by atomic mass is 9.53. The second-order valence-corrected chi connectivity index (χ2v) is 11.1. The topological polar surface area (TPSA) is 80.6 Å². The fraction of sp³-hybridized carbons (Fsp3) is 0.793. The highest BCUT2D eigenvalue weighted by Gasteiger charge is 2.61. The largest absolute Gasteiger partial charge is 0.504 e. The third-order valence-corrected chi connectivity index (χ3v) is 8.97. The molecule has 1 aromatic rings. The standard InChI is InChI=1S/C29H47NO6/c1-4-5-11-29-12-13-30(21-22-7-6-8-22)25(28(29,2)32)20-23-9-10-24(27(31)26(23)29)36-19-18-35-17-16-34-15-14-33-3/h9-10,22,25,31-32H,4-8,11-21H2,1-3H3/t25-,28-,29+/m1/s1. The Labute approximate surface area is 217 Å². The normalized spacial score (nSPS) is 28.1. The van der Waals surface area contributed by atoms with Gasteiger partial charge in [0, 0.05) is 30.7 Å². The van der Waals surface area contributed by atoms with Gasteiger partial charge in [0.15, 0.2) is 11.5 Å². The maximum atomic E-state index is 12.2. The fourth-order valence-electron chi connectivity index (χ4n) is 6.65. The molecule has 2 fully saturated rings. The van der Waals surface area contributed by atoms with E-state index in [1.54, 1.807) is 7.11 Å². The van der Waals surface area contributed by atoms with E-state index >= 15 is 0 Å². The van der Waals surface area contributed by atoms with Crippen molar-refractivity contribution in [2.45, 2.75) is 82.3 Å². The minimum absolute atomic E-state index is 0.0851. The van der Waals surface area contributed by atoms with Crippen LogP contribution in [-0.4, -0.2) is 86.6 Å². The molecule has 4 rings (SSSR count). The van der Waals surface area contributed by atoms with E-state index in [-0.39, 0.29) is 11.8 Å². The van der Waals surface area contributed by atoms with Gasteiger partial charge in [-0.25, -0.2) is 0 Å². The molecule has 2 N–H and O–H groups in total. The second-order valence-electron chi connectivity index (χ2n) is 11.1. The van der Waals surface area contributed by atoms with Crippen LogP contribution in [0.3, 0.4) is 0 Å². The summed E-state index contributed by atoms with van der Waals surface area (Å²) in [5, 5.41) is 23.7. The molecule has 204 valence electrons. The Balaban J connectivity index is 1.46. The van der Waals surface area contributed by atoms with Crippen molar-refractivity contribution in [3.8, 4) is 11.5 Å². The molecule has 2 aliphatic carbocycles. The molecule has 1 saturated heterocycles. The van der Waals surface area contributed by atoms with Gasteiger partial charge >= 0.3 is 0 Å². The van der Waals surface area contributed by atoms with Crippen molar-refractivity contribution in [2.24, 2.45) is 5.92 Å². The molecule has 7 heteroatoms. The Morgan fingerprint density at radius 1 is 1.06 bits per heavy atom. The van der Waals surface area contributed by atoms with E-state index in [1.165, 1.54) is 19.3 Å². The van der Waals surface area contributed by atoms with Crippen molar-refractivity contribution < 1.29 is 29.2 Å². The number of phenolic OH excluding ortho intramolecular Hbond substituents is 1. The lowest BCUT2D eigenvalue weighted by Crippen LogP contribution is -2.70. The van der Waals surface area contributed by atoms with Gasteiger partial charge in [0.1, 0.15) is 6.61 Å². The summed E-state index contributed by atoms with van der Waals surface area (Å²) in [6.07, 6.45) is 8.56. The van der Waals surface area contributed by atoms with Crippen LogP contribution in [-0.2, 0) is 26.0 Å². The molecule has 0 amide bonds. The van der Waals surface area contributed by atoms with Crippen molar-refractivity contribution in [1.82, 2.24) is 4.90 Å². The van der Waals surface area contributed by atoms with Gasteiger partial charge in [-0.05, 0) is 63.1 Å². The number of methoxy groups -OCH3 is 1. The molecule has 1 aromatic carbocycles. The van der Waals surface area contributed by atoms with Crippen LogP contribution in [0.2, 0.25) is 0 Å². The summed E-state index contributed by atoms with van der Waals surface area (Å²) in [6.45, 7) is 9.19. The van der Waals surface area contributed by atoms with Crippen LogP contribution in [0.15, 0.2) is 12.1 Å². The summed E-state index contributed by atoms with van der Waals surface area (Å²) in [7, 11) is 1.65. The van der Waals surface area contributed by atoms with Crippen LogP contribution in [0, 0.1) is 5.92 Å². The molecule has 0 aromatic heterocycles. The van der Waals surface area contributed by atoms with Crippen LogP contribution in [0.25, 0.3) is 0 Å². The van der Waals surface area contributed by atoms with Crippen LogP contribution >= 0.6 is 0 Å². The number of piperidine rings is 1. The van der Waals surface area contributed by atoms with Gasteiger partial charge in [0.25, 0.3) is 0 Å². The van der Waals surface area contributed by atoms with Crippen molar-refractivity contribution in [3.63, 3.8) is 0 Å². The molecule has 1 saturated carbocycles. The number of likely N-dealkylation sites (tertiary alicyclic amines) is 1. The van der Waals surface area contributed by atoms with Crippen LogP contribution in [0.5, 0.6) is 11.5 Å². The third-order valence-electron chi connectivity index (χ3n) is 8.97. The predicted octanol–water partition coefficient (Wildman–Crippen LogP) is 4.06. The zero-order chi connectivity index (χ0) is 25.6. The summed E-state index contributed by atoms with van der Waals surface area (Å²) in [5.41, 5.74) is 0.719. The second kappa shape index (κ2) is 12.4. The predicted molar refractivity (Wildman–Crippen MR) is 140 cm³/mol. The number of phenols is 1. The molecule has 36 heavy (non-hydrogen) atoms. The Kier molecular flexibility index (Phi) is 9.56. The molecule has 3 atom stereocenters. The van der Waals surface area contributed by atoms with E-state index in [1.807, 2.05) is 13.0 Å². The van der Waals surface area contributed by atoms with E-state index in [4.69, 9.17) is 18.9 Å². The van der Waals surface area contributed by atoms with Crippen LogP contribution < -0.4 is 4.74 Å². The first-order valence-corrected chi connectivity index (χ1v) is 14.0. The maximum Gasteiger partial charge on any atom is 0.161 e. The first-order chi connectivity index (χ1) is 17.4. The highest BCUT2D eigenvalue weighted by Crippen LogP contribution is 2.58. The average Bonchev–Trinajstić information content (AvgIpc) is 2.82. The summed E-state index contributed by atoms with van der Waals surface area (Å²) < 4.78 is 21.9. The SMILES string of the molecule is CCCC[C@]12CCN(CC3CCC3)[C@H](Cc3ccc(OCCOCCOCCOC)c(O)c31)[C@@]2(C)O. The summed E-state index contributed by atoms with van der Waals surface area (Å²) >= 11 is 0. The number of benzene rings is 1. The number of aliphatic hydroxyl groups is 1. The average molecular weight is 506 g/mol. The van der Waals surface area contributed by atoms with Crippen molar-refractivity contribution in [3.05, 3.63) is 23.3 Å². The van der Waals surface area contributed by atoms with Gasteiger partial charge in [-0.2, -0.15) is 0 Å². The highest BCUT2D eigenvalue weighted by atomic mass is 16.6. The van der Waals surface area contributed by atoms with Gasteiger partial charge in [0.05, 0.1) is 38.6 Å². The smallest absolute Gasteiger partial charge is 0.161 e. The molecule has 0 spiro atoms. The van der Waals surface area contributed by atoms with E-state index < -0.39 is 11.0 Å². The number of rotatable bonds is 15. The zero-order valence-electron chi connectivity index (χ0n) is 22.6. The summed E-state index contributed by atoms with van der Waals surface area (Å²) in [5.74, 6) is 1.46. The lowest BCUT2D eigenvalue weighted by molar-refractivity contribution is -0.142.